The van der Waals surface area contributed by atoms with E-state index >= 15 is 0 Å². The van der Waals surface area contributed by atoms with Crippen LogP contribution in [-0.4, -0.2) is 49.9 Å². The number of rotatable bonds is 5. The molecule has 1 N–H and O–H groups in total. The molecule has 4 nitrogen and oxygen atoms in total. The maximum atomic E-state index is 11.8. The molecule has 0 aromatic carbocycles. The largest absolute Gasteiger partial charge is 0.468 e. The molecule has 0 amide bonds. The number of esters is 1. The van der Waals surface area contributed by atoms with Crippen molar-refractivity contribution in [3.05, 3.63) is 0 Å². The lowest BCUT2D eigenvalue weighted by Crippen LogP contribution is -2.57. The van der Waals surface area contributed by atoms with Gasteiger partial charge >= 0.3 is 5.97 Å². The fraction of sp³-hybridized carbons (Fsp3) is 0.900. The monoisotopic (exact) mass is 233 g/mol. The molecule has 1 aliphatic rings. The van der Waals surface area contributed by atoms with E-state index in [9.17, 15) is 4.79 Å². The van der Waals surface area contributed by atoms with Crippen molar-refractivity contribution < 1.29 is 14.3 Å². The van der Waals surface area contributed by atoms with E-state index in [4.69, 9.17) is 9.47 Å². The topological polar surface area (TPSA) is 47.6 Å². The predicted molar refractivity (Wildman–Crippen MR) is 61.2 cm³/mol. The van der Waals surface area contributed by atoms with E-state index in [1.807, 2.05) is 0 Å². The summed E-state index contributed by atoms with van der Waals surface area (Å²) in [6.45, 7) is 3.35. The minimum atomic E-state index is -0.516. The molecule has 1 fully saturated rings. The molecule has 0 aromatic rings. The highest BCUT2D eigenvalue weighted by Crippen LogP contribution is 2.36. The molecule has 0 spiro atoms. The molecule has 1 aliphatic heterocycles. The third-order valence-electron chi connectivity index (χ3n) is 2.85. The van der Waals surface area contributed by atoms with E-state index in [1.165, 1.54) is 7.11 Å². The first kappa shape index (κ1) is 12.8. The molecule has 88 valence electrons. The molecule has 5 heteroatoms. The van der Waals surface area contributed by atoms with Crippen molar-refractivity contribution in [1.29, 1.82) is 0 Å². The van der Waals surface area contributed by atoms with Crippen molar-refractivity contribution >= 4 is 17.7 Å². The molecule has 0 radical (unpaired) electrons. The molecule has 1 saturated heterocycles. The third kappa shape index (κ3) is 2.65. The highest BCUT2D eigenvalue weighted by molar-refractivity contribution is 8.00. The zero-order valence-electron chi connectivity index (χ0n) is 9.54. The Hall–Kier alpha value is -0.260. The van der Waals surface area contributed by atoms with Gasteiger partial charge in [-0.2, -0.15) is 11.8 Å². The zero-order valence-corrected chi connectivity index (χ0v) is 10.4. The molecule has 0 aliphatic carbocycles. The number of methoxy groups -OCH3 is 2. The highest BCUT2D eigenvalue weighted by Gasteiger charge is 2.47. The molecule has 0 aromatic heterocycles. The van der Waals surface area contributed by atoms with Crippen LogP contribution in [0.5, 0.6) is 0 Å². The van der Waals surface area contributed by atoms with Crippen molar-refractivity contribution in [3.63, 3.8) is 0 Å². The second-order valence-electron chi connectivity index (χ2n) is 3.65. The van der Waals surface area contributed by atoms with Gasteiger partial charge in [0.05, 0.1) is 13.7 Å². The summed E-state index contributed by atoms with van der Waals surface area (Å²) < 4.78 is 9.86. The van der Waals surface area contributed by atoms with Gasteiger partial charge in [0.1, 0.15) is 5.54 Å². The first-order valence-corrected chi connectivity index (χ1v) is 6.16. The number of thioether (sulfide) groups is 1. The lowest BCUT2D eigenvalue weighted by atomic mass is 9.93. The summed E-state index contributed by atoms with van der Waals surface area (Å²) >= 11 is 1.80. The Labute approximate surface area is 95.1 Å². The summed E-state index contributed by atoms with van der Waals surface area (Å²) in [4.78, 5) is 11.8. The second-order valence-corrected chi connectivity index (χ2v) is 5.09. The molecule has 15 heavy (non-hydrogen) atoms. The van der Waals surface area contributed by atoms with Crippen LogP contribution in [0.2, 0.25) is 0 Å². The average Bonchev–Trinajstić information content (AvgIpc) is 2.61. The Morgan fingerprint density at radius 2 is 2.33 bits per heavy atom. The highest BCUT2D eigenvalue weighted by atomic mass is 32.2. The first-order chi connectivity index (χ1) is 7.17. The van der Waals surface area contributed by atoms with E-state index in [1.54, 1.807) is 18.9 Å². The van der Waals surface area contributed by atoms with Crippen LogP contribution >= 0.6 is 11.8 Å². The van der Waals surface area contributed by atoms with Gasteiger partial charge in [-0.05, 0) is 12.2 Å². The van der Waals surface area contributed by atoms with Crippen LogP contribution < -0.4 is 5.32 Å². The van der Waals surface area contributed by atoms with Gasteiger partial charge in [-0.25, -0.2) is 0 Å². The predicted octanol–water partition coefficient (Wildman–Crippen LogP) is 0.660. The van der Waals surface area contributed by atoms with Crippen LogP contribution in [0.15, 0.2) is 0 Å². The van der Waals surface area contributed by atoms with E-state index in [0.29, 0.717) is 13.2 Å². The van der Waals surface area contributed by atoms with Gasteiger partial charge in [0.25, 0.3) is 0 Å². The van der Waals surface area contributed by atoms with Gasteiger partial charge in [-0.15, -0.1) is 0 Å². The minimum Gasteiger partial charge on any atom is -0.468 e. The van der Waals surface area contributed by atoms with Gasteiger partial charge in [0.15, 0.2) is 0 Å². The van der Waals surface area contributed by atoms with Gasteiger partial charge in [-0.1, -0.05) is 6.92 Å². The van der Waals surface area contributed by atoms with Crippen molar-refractivity contribution in [1.82, 2.24) is 5.32 Å². The standard InChI is InChI=1S/C10H19NO3S/c1-8-10(4-7-15-8,9(12)14-3)11-5-6-13-2/h8,11H,4-7H2,1-3H3. The fourth-order valence-corrected chi connectivity index (χ4v) is 3.25. The Kier molecular flexibility index (Phi) is 4.89. The number of hydrogen-bond donors (Lipinski definition) is 1. The summed E-state index contributed by atoms with van der Waals surface area (Å²) in [5, 5.41) is 3.53. The van der Waals surface area contributed by atoms with E-state index < -0.39 is 5.54 Å². The van der Waals surface area contributed by atoms with Crippen molar-refractivity contribution in [2.45, 2.75) is 24.1 Å². The number of carbonyl (C=O) groups excluding carboxylic acids is 1. The Morgan fingerprint density at radius 1 is 1.60 bits per heavy atom. The SMILES string of the molecule is COCCNC1(C(=O)OC)CCSC1C. The number of ether oxygens (including phenoxy) is 2. The maximum Gasteiger partial charge on any atom is 0.327 e. The third-order valence-corrected chi connectivity index (χ3v) is 4.20. The van der Waals surface area contributed by atoms with Crippen LogP contribution in [0.1, 0.15) is 13.3 Å². The molecular formula is C10H19NO3S. The van der Waals surface area contributed by atoms with Crippen molar-refractivity contribution in [3.8, 4) is 0 Å². The summed E-state index contributed by atoms with van der Waals surface area (Å²) in [7, 11) is 3.09. The van der Waals surface area contributed by atoms with Gasteiger partial charge < -0.3 is 9.47 Å². The first-order valence-electron chi connectivity index (χ1n) is 5.11. The van der Waals surface area contributed by atoms with Crippen LogP contribution in [0.3, 0.4) is 0 Å². The van der Waals surface area contributed by atoms with E-state index in [-0.39, 0.29) is 11.2 Å². The number of nitrogens with one attached hydrogen (secondary N) is 1. The summed E-state index contributed by atoms with van der Waals surface area (Å²) in [5.74, 6) is 0.840. The van der Waals surface area contributed by atoms with Crippen LogP contribution in [0.4, 0.5) is 0 Å². The van der Waals surface area contributed by atoms with Gasteiger partial charge in [0.2, 0.25) is 0 Å². The van der Waals surface area contributed by atoms with Crippen LogP contribution in [-0.2, 0) is 14.3 Å². The molecule has 0 saturated carbocycles. The van der Waals surface area contributed by atoms with Crippen molar-refractivity contribution in [2.75, 3.05) is 33.1 Å². The number of carbonyl (C=O) groups is 1. The lowest BCUT2D eigenvalue weighted by Gasteiger charge is -2.31. The summed E-state index contributed by atoms with van der Waals surface area (Å²) in [6, 6.07) is 0. The molecule has 2 unspecified atom stereocenters. The zero-order chi connectivity index (χ0) is 11.3. The average molecular weight is 233 g/mol. The van der Waals surface area contributed by atoms with Crippen molar-refractivity contribution in [2.24, 2.45) is 0 Å². The molecule has 0 bridgehead atoms. The molecule has 2 atom stereocenters. The maximum absolute atomic E-state index is 11.8. The van der Waals surface area contributed by atoms with Crippen LogP contribution in [0, 0.1) is 0 Å². The summed E-state index contributed by atoms with van der Waals surface area (Å²) in [6.07, 6.45) is 0.829. The van der Waals surface area contributed by atoms with Gasteiger partial charge in [0, 0.05) is 18.9 Å². The Balaban J connectivity index is 2.64. The van der Waals surface area contributed by atoms with Gasteiger partial charge in [-0.3, -0.25) is 10.1 Å². The molecule has 1 rings (SSSR count). The summed E-state index contributed by atoms with van der Waals surface area (Å²) in [5.41, 5.74) is -0.516. The Bertz CT molecular complexity index is 225. The quantitative estimate of drug-likeness (QED) is 0.558. The molecular weight excluding hydrogens is 214 g/mol. The second kappa shape index (κ2) is 5.72. The smallest absolute Gasteiger partial charge is 0.327 e. The molecule has 1 heterocycles. The fourth-order valence-electron chi connectivity index (χ4n) is 1.87. The minimum absolute atomic E-state index is 0.156. The number of hydrogen-bond acceptors (Lipinski definition) is 5. The van der Waals surface area contributed by atoms with E-state index in [0.717, 1.165) is 12.2 Å². The van der Waals surface area contributed by atoms with Crippen LogP contribution in [0.25, 0.3) is 0 Å². The van der Waals surface area contributed by atoms with E-state index in [2.05, 4.69) is 12.2 Å². The normalized spacial score (nSPS) is 30.5. The lowest BCUT2D eigenvalue weighted by molar-refractivity contribution is -0.148. The Morgan fingerprint density at radius 3 is 2.80 bits per heavy atom.